The summed E-state index contributed by atoms with van der Waals surface area (Å²) in [5, 5.41) is 8.33. The summed E-state index contributed by atoms with van der Waals surface area (Å²) in [5.41, 5.74) is 2.12. The number of carbonyl (C=O) groups is 1. The third kappa shape index (κ3) is 6.01. The molecule has 3 heterocycles. The van der Waals surface area contributed by atoms with Gasteiger partial charge >= 0.3 is 0 Å². The van der Waals surface area contributed by atoms with Crippen molar-refractivity contribution in [3.8, 4) is 5.75 Å². The molecule has 1 amide bonds. The smallest absolute Gasteiger partial charge is 0.222 e. The maximum atomic E-state index is 12.8. The van der Waals surface area contributed by atoms with Crippen LogP contribution in [-0.2, 0) is 11.2 Å². The van der Waals surface area contributed by atoms with Gasteiger partial charge in [0.2, 0.25) is 5.91 Å². The molecule has 0 saturated carbocycles. The van der Waals surface area contributed by atoms with Gasteiger partial charge in [0.1, 0.15) is 5.75 Å². The van der Waals surface area contributed by atoms with Crippen LogP contribution >= 0.6 is 11.6 Å². The monoisotopic (exact) mass is 444 g/mol. The molecule has 0 spiro atoms. The lowest BCUT2D eigenvalue weighted by atomic mass is 9.93. The lowest BCUT2D eigenvalue weighted by molar-refractivity contribution is -0.131. The number of halogens is 1. The van der Waals surface area contributed by atoms with E-state index in [1.54, 1.807) is 0 Å². The highest BCUT2D eigenvalue weighted by Gasteiger charge is 2.30. The molecule has 1 N–H and O–H groups in total. The number of hydrogen-bond acceptors (Lipinski definition) is 4. The highest BCUT2D eigenvalue weighted by atomic mass is 35.5. The van der Waals surface area contributed by atoms with Gasteiger partial charge in [-0.1, -0.05) is 24.6 Å². The Balaban J connectivity index is 1.21. The summed E-state index contributed by atoms with van der Waals surface area (Å²) >= 11 is 5.99. The van der Waals surface area contributed by atoms with Crippen molar-refractivity contribution >= 4 is 17.5 Å². The number of nitrogens with one attached hydrogen (secondary N) is 1. The fraction of sp³-hybridized carbons (Fsp3) is 0.583. The lowest BCUT2D eigenvalue weighted by Gasteiger charge is -2.31. The Hall–Kier alpha value is -2.05. The quantitative estimate of drug-likeness (QED) is 0.665. The van der Waals surface area contributed by atoms with Crippen LogP contribution in [0.2, 0.25) is 5.02 Å². The number of carbonyl (C=O) groups excluding carboxylic acids is 1. The molecule has 4 rings (SSSR count). The second-order valence-electron chi connectivity index (χ2n) is 8.78. The van der Waals surface area contributed by atoms with E-state index in [4.69, 9.17) is 16.3 Å². The van der Waals surface area contributed by atoms with Gasteiger partial charge in [0, 0.05) is 42.6 Å². The molecule has 1 unspecified atom stereocenters. The second kappa shape index (κ2) is 10.5. The summed E-state index contributed by atoms with van der Waals surface area (Å²) in [6.07, 6.45) is 4.75. The van der Waals surface area contributed by atoms with Crippen LogP contribution in [0.3, 0.4) is 0 Å². The van der Waals surface area contributed by atoms with Crippen LogP contribution in [-0.4, -0.2) is 65.2 Å². The Morgan fingerprint density at radius 1 is 1.23 bits per heavy atom. The number of piperidine rings is 1. The van der Waals surface area contributed by atoms with Crippen molar-refractivity contribution in [1.82, 2.24) is 20.0 Å². The Morgan fingerprint density at radius 2 is 2.06 bits per heavy atom. The van der Waals surface area contributed by atoms with Crippen LogP contribution in [0.1, 0.15) is 49.9 Å². The van der Waals surface area contributed by atoms with E-state index in [2.05, 4.69) is 28.1 Å². The maximum absolute atomic E-state index is 12.8. The Bertz CT molecular complexity index is 863. The SMILES string of the molecule is CCN1CCC(CC(=O)N2CCC(c3cc(CCOc4cccc(Cl)c4)[nH]n3)C2)CC1. The molecule has 1 aromatic heterocycles. The van der Waals surface area contributed by atoms with E-state index in [0.717, 1.165) is 75.5 Å². The number of ether oxygens (including phenoxy) is 1. The number of likely N-dealkylation sites (tertiary alicyclic amines) is 2. The first-order valence-electron chi connectivity index (χ1n) is 11.5. The third-order valence-electron chi connectivity index (χ3n) is 6.66. The first-order chi connectivity index (χ1) is 15.1. The first kappa shape index (κ1) is 22.2. The van der Waals surface area contributed by atoms with Gasteiger partial charge in [-0.25, -0.2) is 0 Å². The number of nitrogens with zero attached hydrogens (tertiary/aromatic N) is 3. The molecule has 168 valence electrons. The summed E-state index contributed by atoms with van der Waals surface area (Å²) < 4.78 is 5.77. The number of amides is 1. The minimum Gasteiger partial charge on any atom is -0.493 e. The zero-order chi connectivity index (χ0) is 21.6. The molecule has 1 atom stereocenters. The van der Waals surface area contributed by atoms with E-state index in [0.29, 0.717) is 35.8 Å². The van der Waals surface area contributed by atoms with Gasteiger partial charge in [0.25, 0.3) is 0 Å². The molecule has 31 heavy (non-hydrogen) atoms. The van der Waals surface area contributed by atoms with Gasteiger partial charge in [-0.3, -0.25) is 9.89 Å². The van der Waals surface area contributed by atoms with E-state index in [9.17, 15) is 4.79 Å². The van der Waals surface area contributed by atoms with Crippen molar-refractivity contribution in [3.05, 3.63) is 46.7 Å². The molecule has 2 aliphatic rings. The Kier molecular flexibility index (Phi) is 7.51. The van der Waals surface area contributed by atoms with Crippen LogP contribution in [0.25, 0.3) is 0 Å². The minimum absolute atomic E-state index is 0.322. The molecule has 0 radical (unpaired) electrons. The number of rotatable bonds is 8. The minimum atomic E-state index is 0.322. The van der Waals surface area contributed by atoms with Gasteiger partial charge in [-0.05, 0) is 69.1 Å². The normalized spacial score (nSPS) is 20.3. The zero-order valence-electron chi connectivity index (χ0n) is 18.4. The van der Waals surface area contributed by atoms with E-state index in [1.807, 2.05) is 29.2 Å². The largest absolute Gasteiger partial charge is 0.493 e. The van der Waals surface area contributed by atoms with E-state index < -0.39 is 0 Å². The van der Waals surface area contributed by atoms with Gasteiger partial charge in [0.15, 0.2) is 0 Å². The van der Waals surface area contributed by atoms with Crippen LogP contribution in [0.5, 0.6) is 5.75 Å². The summed E-state index contributed by atoms with van der Waals surface area (Å²) in [6, 6.07) is 9.56. The standard InChI is InChI=1S/C24H33ClN4O2/c1-2-28-10-6-18(7-11-28)14-24(30)29-12-8-19(17-29)23-16-21(26-27-23)9-13-31-22-5-3-4-20(25)15-22/h3-5,15-16,18-19H,2,6-14,17H2,1H3,(H,26,27). The highest BCUT2D eigenvalue weighted by molar-refractivity contribution is 6.30. The predicted octanol–water partition coefficient (Wildman–Crippen LogP) is 4.12. The fourth-order valence-corrected chi connectivity index (χ4v) is 4.84. The molecule has 0 bridgehead atoms. The molecule has 2 saturated heterocycles. The molecular formula is C24H33ClN4O2. The van der Waals surface area contributed by atoms with Crippen LogP contribution in [0.4, 0.5) is 0 Å². The number of H-pyrrole nitrogens is 1. The Morgan fingerprint density at radius 3 is 2.84 bits per heavy atom. The van der Waals surface area contributed by atoms with Crippen LogP contribution in [0, 0.1) is 5.92 Å². The average Bonchev–Trinajstić information content (AvgIpc) is 3.44. The molecule has 2 aliphatic heterocycles. The summed E-state index contributed by atoms with van der Waals surface area (Å²) in [4.78, 5) is 17.3. The summed E-state index contributed by atoms with van der Waals surface area (Å²) in [6.45, 7) is 7.79. The molecule has 0 aliphatic carbocycles. The van der Waals surface area contributed by atoms with Crippen LogP contribution < -0.4 is 4.74 Å². The van der Waals surface area contributed by atoms with E-state index >= 15 is 0 Å². The summed E-state index contributed by atoms with van der Waals surface area (Å²) in [5.74, 6) is 1.97. The number of aromatic amines is 1. The number of hydrogen-bond donors (Lipinski definition) is 1. The van der Waals surface area contributed by atoms with E-state index in [-0.39, 0.29) is 0 Å². The molecule has 7 heteroatoms. The van der Waals surface area contributed by atoms with Crippen molar-refractivity contribution in [1.29, 1.82) is 0 Å². The molecule has 1 aromatic carbocycles. The van der Waals surface area contributed by atoms with Crippen molar-refractivity contribution in [2.24, 2.45) is 5.92 Å². The fourth-order valence-electron chi connectivity index (χ4n) is 4.66. The second-order valence-corrected chi connectivity index (χ2v) is 9.22. The topological polar surface area (TPSA) is 61.5 Å². The maximum Gasteiger partial charge on any atom is 0.222 e. The van der Waals surface area contributed by atoms with E-state index in [1.165, 1.54) is 0 Å². The molecular weight excluding hydrogens is 412 g/mol. The average molecular weight is 445 g/mol. The van der Waals surface area contributed by atoms with Gasteiger partial charge < -0.3 is 14.5 Å². The summed E-state index contributed by atoms with van der Waals surface area (Å²) in [7, 11) is 0. The highest BCUT2D eigenvalue weighted by Crippen LogP contribution is 2.29. The predicted molar refractivity (Wildman–Crippen MR) is 123 cm³/mol. The van der Waals surface area contributed by atoms with Gasteiger partial charge in [0.05, 0.1) is 12.3 Å². The lowest BCUT2D eigenvalue weighted by Crippen LogP contribution is -2.36. The van der Waals surface area contributed by atoms with Crippen molar-refractivity contribution in [2.75, 3.05) is 39.3 Å². The number of aromatic nitrogens is 2. The Labute approximate surface area is 189 Å². The molecule has 2 fully saturated rings. The van der Waals surface area contributed by atoms with Crippen molar-refractivity contribution in [3.63, 3.8) is 0 Å². The van der Waals surface area contributed by atoms with Crippen molar-refractivity contribution in [2.45, 2.75) is 44.9 Å². The number of benzene rings is 1. The molecule has 6 nitrogen and oxygen atoms in total. The van der Waals surface area contributed by atoms with Gasteiger partial charge in [-0.15, -0.1) is 0 Å². The van der Waals surface area contributed by atoms with Crippen molar-refractivity contribution < 1.29 is 9.53 Å². The van der Waals surface area contributed by atoms with Crippen LogP contribution in [0.15, 0.2) is 30.3 Å². The zero-order valence-corrected chi connectivity index (χ0v) is 19.1. The first-order valence-corrected chi connectivity index (χ1v) is 11.9. The molecule has 2 aromatic rings. The third-order valence-corrected chi connectivity index (χ3v) is 6.90. The van der Waals surface area contributed by atoms with Gasteiger partial charge in [-0.2, -0.15) is 5.10 Å².